The zero-order valence-corrected chi connectivity index (χ0v) is 16.4. The Morgan fingerprint density at radius 3 is 1.96 bits per heavy atom. The second-order valence-electron chi connectivity index (χ2n) is 6.47. The lowest BCUT2D eigenvalue weighted by molar-refractivity contribution is 0.608. The molecule has 2 aromatic heterocycles. The third kappa shape index (κ3) is 3.12. The Hall–Kier alpha value is -3.24. The molecule has 0 aliphatic heterocycles. The van der Waals surface area contributed by atoms with Crippen LogP contribution in [0.25, 0.3) is 45.1 Å². The quantitative estimate of drug-likeness (QED) is 0.312. The maximum atomic E-state index is 6.07. The molecule has 3 aromatic carbocycles. The van der Waals surface area contributed by atoms with Gasteiger partial charge in [0.15, 0.2) is 0 Å². The summed E-state index contributed by atoms with van der Waals surface area (Å²) in [7, 11) is 0. The van der Waals surface area contributed by atoms with Gasteiger partial charge in [-0.1, -0.05) is 76.6 Å². The molecule has 0 aliphatic rings. The predicted octanol–water partition coefficient (Wildman–Crippen LogP) is 6.99. The van der Waals surface area contributed by atoms with Crippen molar-refractivity contribution in [2.75, 3.05) is 0 Å². The summed E-state index contributed by atoms with van der Waals surface area (Å²) in [5.74, 6) is 0.576. The van der Waals surface area contributed by atoms with Crippen molar-refractivity contribution in [2.24, 2.45) is 0 Å². The number of halogens is 1. The van der Waals surface area contributed by atoms with Gasteiger partial charge in [0.25, 0.3) is 0 Å². The van der Waals surface area contributed by atoms with Gasteiger partial charge < -0.3 is 4.42 Å². The first-order valence-corrected chi connectivity index (χ1v) is 9.75. The number of pyridine rings is 1. The van der Waals surface area contributed by atoms with Crippen LogP contribution in [-0.4, -0.2) is 9.97 Å². The topological polar surface area (TPSA) is 38.9 Å². The first-order chi connectivity index (χ1) is 13.8. The third-order valence-electron chi connectivity index (χ3n) is 4.61. The van der Waals surface area contributed by atoms with E-state index in [1.807, 2.05) is 72.8 Å². The van der Waals surface area contributed by atoms with Crippen molar-refractivity contribution in [1.82, 2.24) is 9.97 Å². The van der Waals surface area contributed by atoms with Gasteiger partial charge in [0, 0.05) is 21.2 Å². The predicted molar refractivity (Wildman–Crippen MR) is 116 cm³/mol. The van der Waals surface area contributed by atoms with Gasteiger partial charge in [-0.3, -0.25) is 0 Å². The van der Waals surface area contributed by atoms with E-state index in [4.69, 9.17) is 14.4 Å². The van der Waals surface area contributed by atoms with Gasteiger partial charge in [0.2, 0.25) is 11.6 Å². The van der Waals surface area contributed by atoms with Gasteiger partial charge in [-0.05, 0) is 35.9 Å². The van der Waals surface area contributed by atoms with Crippen molar-refractivity contribution >= 4 is 27.2 Å². The van der Waals surface area contributed by atoms with Crippen LogP contribution in [0, 0.1) is 0 Å². The summed E-state index contributed by atoms with van der Waals surface area (Å²) in [5.41, 5.74) is 6.22. The van der Waals surface area contributed by atoms with Crippen LogP contribution < -0.4 is 0 Å². The van der Waals surface area contributed by atoms with Crippen molar-refractivity contribution in [1.29, 1.82) is 0 Å². The highest BCUT2D eigenvalue weighted by Crippen LogP contribution is 2.34. The SMILES string of the molecule is Brc1ccc(-c2cc(-c3ccccc3)nc3oc(-c4ccccc4)nc23)cc1. The smallest absolute Gasteiger partial charge is 0.248 e. The van der Waals surface area contributed by atoms with E-state index in [-0.39, 0.29) is 0 Å². The summed E-state index contributed by atoms with van der Waals surface area (Å²) in [6.45, 7) is 0. The fourth-order valence-corrected chi connectivity index (χ4v) is 3.48. The van der Waals surface area contributed by atoms with Gasteiger partial charge in [-0.25, -0.2) is 9.97 Å². The largest absolute Gasteiger partial charge is 0.418 e. The van der Waals surface area contributed by atoms with Crippen LogP contribution in [0.3, 0.4) is 0 Å². The Labute approximate surface area is 170 Å². The van der Waals surface area contributed by atoms with Crippen molar-refractivity contribution < 1.29 is 4.42 Å². The molecule has 2 heterocycles. The molecule has 0 radical (unpaired) electrons. The van der Waals surface area contributed by atoms with Crippen LogP contribution in [0.2, 0.25) is 0 Å². The molecule has 28 heavy (non-hydrogen) atoms. The summed E-state index contributed by atoms with van der Waals surface area (Å²) >= 11 is 3.51. The molecular formula is C24H15BrN2O. The molecule has 0 atom stereocenters. The number of oxazole rings is 1. The molecular weight excluding hydrogens is 412 g/mol. The lowest BCUT2D eigenvalue weighted by Gasteiger charge is -2.06. The standard InChI is InChI=1S/C24H15BrN2O/c25-19-13-11-16(12-14-19)20-15-21(17-7-3-1-4-8-17)26-24-22(20)27-23(28-24)18-9-5-2-6-10-18/h1-15H. The molecule has 3 nitrogen and oxygen atoms in total. The second kappa shape index (κ2) is 7.06. The van der Waals surface area contributed by atoms with E-state index >= 15 is 0 Å². The Balaban J connectivity index is 1.77. The minimum absolute atomic E-state index is 0.540. The summed E-state index contributed by atoms with van der Waals surface area (Å²) in [6.07, 6.45) is 0. The van der Waals surface area contributed by atoms with E-state index < -0.39 is 0 Å². The number of fused-ring (bicyclic) bond motifs is 1. The van der Waals surface area contributed by atoms with Crippen LogP contribution in [0.1, 0.15) is 0 Å². The molecule has 0 saturated heterocycles. The molecule has 0 amide bonds. The maximum Gasteiger partial charge on any atom is 0.248 e. The first kappa shape index (κ1) is 16.9. The fourth-order valence-electron chi connectivity index (χ4n) is 3.22. The van der Waals surface area contributed by atoms with Crippen LogP contribution in [-0.2, 0) is 0 Å². The van der Waals surface area contributed by atoms with Crippen LogP contribution >= 0.6 is 15.9 Å². The van der Waals surface area contributed by atoms with Gasteiger partial charge >= 0.3 is 0 Å². The van der Waals surface area contributed by atoms with E-state index in [1.165, 1.54) is 0 Å². The van der Waals surface area contributed by atoms with Crippen molar-refractivity contribution in [3.8, 4) is 33.8 Å². The maximum absolute atomic E-state index is 6.07. The van der Waals surface area contributed by atoms with E-state index in [0.717, 1.165) is 37.9 Å². The van der Waals surface area contributed by atoms with Crippen molar-refractivity contribution in [2.45, 2.75) is 0 Å². The van der Waals surface area contributed by atoms with E-state index in [9.17, 15) is 0 Å². The summed E-state index contributed by atoms with van der Waals surface area (Å²) in [5, 5.41) is 0. The molecule has 134 valence electrons. The van der Waals surface area contributed by atoms with Gasteiger partial charge in [-0.2, -0.15) is 0 Å². The molecule has 4 heteroatoms. The molecule has 0 N–H and O–H groups in total. The van der Waals surface area contributed by atoms with Crippen molar-refractivity contribution in [3.05, 3.63) is 95.5 Å². The lowest BCUT2D eigenvalue weighted by Crippen LogP contribution is -1.88. The van der Waals surface area contributed by atoms with E-state index in [0.29, 0.717) is 11.6 Å². The summed E-state index contributed by atoms with van der Waals surface area (Å²) < 4.78 is 7.11. The number of benzene rings is 3. The Bertz CT molecular complexity index is 1250. The number of aromatic nitrogens is 2. The molecule has 0 unspecified atom stereocenters. The highest BCUT2D eigenvalue weighted by molar-refractivity contribution is 9.10. The number of hydrogen-bond acceptors (Lipinski definition) is 3. The van der Waals surface area contributed by atoms with Crippen molar-refractivity contribution in [3.63, 3.8) is 0 Å². The minimum atomic E-state index is 0.540. The number of nitrogens with zero attached hydrogens (tertiary/aromatic N) is 2. The third-order valence-corrected chi connectivity index (χ3v) is 5.14. The van der Waals surface area contributed by atoms with Crippen LogP contribution in [0.15, 0.2) is 99.9 Å². The molecule has 0 aliphatic carbocycles. The summed E-state index contributed by atoms with van der Waals surface area (Å²) in [6, 6.07) is 30.3. The summed E-state index contributed by atoms with van der Waals surface area (Å²) in [4.78, 5) is 9.53. The van der Waals surface area contributed by atoms with Gasteiger partial charge in [0.05, 0.1) is 5.69 Å². The number of rotatable bonds is 3. The minimum Gasteiger partial charge on any atom is -0.418 e. The average molecular weight is 427 g/mol. The van der Waals surface area contributed by atoms with Gasteiger partial charge in [-0.15, -0.1) is 0 Å². The Morgan fingerprint density at radius 1 is 0.643 bits per heavy atom. The monoisotopic (exact) mass is 426 g/mol. The molecule has 0 spiro atoms. The van der Waals surface area contributed by atoms with Crippen LogP contribution in [0.4, 0.5) is 0 Å². The molecule has 0 saturated carbocycles. The molecule has 5 aromatic rings. The molecule has 0 fully saturated rings. The first-order valence-electron chi connectivity index (χ1n) is 8.96. The molecule has 0 bridgehead atoms. The van der Waals surface area contributed by atoms with Gasteiger partial charge in [0.1, 0.15) is 5.52 Å². The number of hydrogen-bond donors (Lipinski definition) is 0. The highest BCUT2D eigenvalue weighted by Gasteiger charge is 2.16. The normalized spacial score (nSPS) is 11.0. The molecule has 5 rings (SSSR count). The Kier molecular flexibility index (Phi) is 4.26. The second-order valence-corrected chi connectivity index (χ2v) is 7.38. The Morgan fingerprint density at radius 2 is 1.29 bits per heavy atom. The lowest BCUT2D eigenvalue weighted by atomic mass is 10.0. The van der Waals surface area contributed by atoms with E-state index in [2.05, 4.69) is 34.1 Å². The zero-order chi connectivity index (χ0) is 18.9. The zero-order valence-electron chi connectivity index (χ0n) is 14.8. The van der Waals surface area contributed by atoms with Crippen LogP contribution in [0.5, 0.6) is 0 Å². The van der Waals surface area contributed by atoms with E-state index in [1.54, 1.807) is 0 Å². The fraction of sp³-hybridized carbons (Fsp3) is 0. The highest BCUT2D eigenvalue weighted by atomic mass is 79.9. The average Bonchev–Trinajstić information content (AvgIpc) is 3.19.